The topological polar surface area (TPSA) is 125 Å². The molecule has 244 valence electrons. The molecule has 2 aliphatic heterocycles. The summed E-state index contributed by atoms with van der Waals surface area (Å²) in [7, 11) is 0. The van der Waals surface area contributed by atoms with E-state index in [-0.39, 0.29) is 19.2 Å². The Morgan fingerprint density at radius 1 is 0.732 bits per heavy atom. The van der Waals surface area contributed by atoms with E-state index in [0.29, 0.717) is 65.9 Å². The maximum atomic E-state index is 11.5. The van der Waals surface area contributed by atoms with Crippen LogP contribution in [0.15, 0.2) is 12.7 Å². The quantitative estimate of drug-likeness (QED) is 0.139. The molecule has 2 saturated heterocycles. The van der Waals surface area contributed by atoms with Crippen molar-refractivity contribution in [1.82, 2.24) is 10.2 Å². The maximum absolute atomic E-state index is 11.5. The minimum atomic E-state index is -0.423. The van der Waals surface area contributed by atoms with E-state index in [1.165, 1.54) is 51.6 Å². The van der Waals surface area contributed by atoms with Crippen molar-refractivity contribution in [3.63, 3.8) is 0 Å². The third-order valence-electron chi connectivity index (χ3n) is 5.57. The number of aliphatic hydroxyl groups excluding tert-OH is 1. The van der Waals surface area contributed by atoms with E-state index in [1.807, 2.05) is 13.8 Å². The highest BCUT2D eigenvalue weighted by Crippen LogP contribution is 2.08. The minimum Gasteiger partial charge on any atom is -0.463 e. The molecule has 0 saturated carbocycles. The fourth-order valence-electron chi connectivity index (χ4n) is 3.51. The number of carbonyl (C=O) groups excluding carboxylic acids is 2. The first-order valence-corrected chi connectivity index (χ1v) is 15.3. The number of hydrogen-bond acceptors (Lipinski definition) is 11. The molecule has 0 atom stereocenters. The molecule has 0 aromatic carbocycles. The van der Waals surface area contributed by atoms with E-state index in [4.69, 9.17) is 28.8 Å². The zero-order valence-corrected chi connectivity index (χ0v) is 26.2. The lowest BCUT2D eigenvalue weighted by molar-refractivity contribution is -0.145. The van der Waals surface area contributed by atoms with Crippen molar-refractivity contribution in [2.75, 3.05) is 105 Å². The summed E-state index contributed by atoms with van der Waals surface area (Å²) in [6.07, 6.45) is 9.65. The van der Waals surface area contributed by atoms with Crippen molar-refractivity contribution in [3.05, 3.63) is 12.7 Å². The summed E-state index contributed by atoms with van der Waals surface area (Å²) >= 11 is 0. The Bertz CT molecular complexity index is 547. The van der Waals surface area contributed by atoms with Crippen LogP contribution in [0.2, 0.25) is 0 Å². The SMILES string of the molecule is C1CCNCC1.C=CC(=O)OCCOCCOCC.CCO.CCOCCOCCOC(=O)CCN1CCCCC1. The number of piperidine rings is 2. The van der Waals surface area contributed by atoms with Gasteiger partial charge in [0.2, 0.25) is 0 Å². The van der Waals surface area contributed by atoms with Gasteiger partial charge in [-0.05, 0) is 72.6 Å². The molecule has 2 heterocycles. The molecule has 0 bridgehead atoms. The number of carbonyl (C=O) groups is 2. The highest BCUT2D eigenvalue weighted by molar-refractivity contribution is 5.81. The van der Waals surface area contributed by atoms with E-state index in [9.17, 15) is 9.59 Å². The van der Waals surface area contributed by atoms with Gasteiger partial charge in [0.25, 0.3) is 0 Å². The highest BCUT2D eigenvalue weighted by atomic mass is 16.6. The Morgan fingerprint density at radius 3 is 1.63 bits per heavy atom. The van der Waals surface area contributed by atoms with Crippen molar-refractivity contribution in [2.45, 2.75) is 65.7 Å². The maximum Gasteiger partial charge on any atom is 0.330 e. The molecule has 0 aromatic heterocycles. The third kappa shape index (κ3) is 36.4. The van der Waals surface area contributed by atoms with Gasteiger partial charge in [0.15, 0.2) is 0 Å². The van der Waals surface area contributed by atoms with Gasteiger partial charge in [0.05, 0.1) is 46.1 Å². The predicted octanol–water partition coefficient (Wildman–Crippen LogP) is 2.99. The Labute approximate surface area is 249 Å². The summed E-state index contributed by atoms with van der Waals surface area (Å²) in [5.74, 6) is -0.549. The predicted molar refractivity (Wildman–Crippen MR) is 161 cm³/mol. The van der Waals surface area contributed by atoms with Crippen LogP contribution in [0.4, 0.5) is 0 Å². The summed E-state index contributed by atoms with van der Waals surface area (Å²) in [5.41, 5.74) is 0. The summed E-state index contributed by atoms with van der Waals surface area (Å²) in [4.78, 5) is 24.4. The number of nitrogens with zero attached hydrogens (tertiary/aromatic N) is 1. The molecule has 2 N–H and O–H groups in total. The second-order valence-corrected chi connectivity index (χ2v) is 8.99. The van der Waals surface area contributed by atoms with E-state index in [0.717, 1.165) is 25.7 Å². The summed E-state index contributed by atoms with van der Waals surface area (Å²) in [6, 6.07) is 0. The van der Waals surface area contributed by atoms with Gasteiger partial charge < -0.3 is 43.7 Å². The van der Waals surface area contributed by atoms with Crippen LogP contribution in [-0.2, 0) is 38.0 Å². The Kier molecular flexibility index (Phi) is 36.9. The fourth-order valence-corrected chi connectivity index (χ4v) is 3.51. The third-order valence-corrected chi connectivity index (χ3v) is 5.57. The van der Waals surface area contributed by atoms with Crippen molar-refractivity contribution >= 4 is 11.9 Å². The molecule has 0 unspecified atom stereocenters. The average molecular weight is 593 g/mol. The molecule has 0 aromatic rings. The lowest BCUT2D eigenvalue weighted by atomic mass is 10.1. The van der Waals surface area contributed by atoms with Gasteiger partial charge in [-0.2, -0.15) is 0 Å². The van der Waals surface area contributed by atoms with Gasteiger partial charge in [-0.3, -0.25) is 4.79 Å². The normalized spacial score (nSPS) is 14.6. The molecule has 11 heteroatoms. The number of ether oxygens (including phenoxy) is 6. The van der Waals surface area contributed by atoms with Crippen LogP contribution in [0.5, 0.6) is 0 Å². The van der Waals surface area contributed by atoms with Crippen molar-refractivity contribution < 1.29 is 43.1 Å². The summed E-state index contributed by atoms with van der Waals surface area (Å²) < 4.78 is 30.3. The number of nitrogens with one attached hydrogen (secondary N) is 1. The molecule has 0 spiro atoms. The van der Waals surface area contributed by atoms with Crippen LogP contribution in [-0.4, -0.2) is 127 Å². The fraction of sp³-hybridized carbons (Fsp3) is 0.867. The van der Waals surface area contributed by atoms with Crippen LogP contribution in [0.3, 0.4) is 0 Å². The molecule has 2 aliphatic rings. The van der Waals surface area contributed by atoms with Crippen LogP contribution >= 0.6 is 0 Å². The first-order valence-electron chi connectivity index (χ1n) is 15.3. The summed E-state index contributed by atoms with van der Waals surface area (Å²) in [6.45, 7) is 19.7. The molecule has 2 rings (SSSR count). The molecular weight excluding hydrogens is 532 g/mol. The Hall–Kier alpha value is -1.60. The van der Waals surface area contributed by atoms with Gasteiger partial charge in [0.1, 0.15) is 13.2 Å². The molecule has 41 heavy (non-hydrogen) atoms. The van der Waals surface area contributed by atoms with Gasteiger partial charge in [0, 0.05) is 32.4 Å². The monoisotopic (exact) mass is 592 g/mol. The minimum absolute atomic E-state index is 0.126. The average Bonchev–Trinajstić information content (AvgIpc) is 3.01. The van der Waals surface area contributed by atoms with Crippen molar-refractivity contribution in [3.8, 4) is 0 Å². The van der Waals surface area contributed by atoms with Crippen LogP contribution < -0.4 is 5.32 Å². The van der Waals surface area contributed by atoms with Crippen LogP contribution in [0.1, 0.15) is 65.7 Å². The van der Waals surface area contributed by atoms with Crippen molar-refractivity contribution in [1.29, 1.82) is 0 Å². The highest BCUT2D eigenvalue weighted by Gasteiger charge is 2.12. The standard InChI is InChI=1S/C14H27NO4.C9H16O4.C5H11N.C2H6O/c1-2-17-10-11-18-12-13-19-14(16)6-9-15-7-4-3-5-8-15;1-3-9(10)13-8-7-12-6-5-11-4-2;1-2-4-6-5-3-1;1-2-3/h2-13H2,1H3;3H,1,4-8H2,2H3;6H,1-5H2;3H,2H2,1H3. The smallest absolute Gasteiger partial charge is 0.330 e. The molecule has 11 nitrogen and oxygen atoms in total. The van der Waals surface area contributed by atoms with Gasteiger partial charge in [-0.15, -0.1) is 0 Å². The molecule has 2 fully saturated rings. The van der Waals surface area contributed by atoms with Crippen LogP contribution in [0.25, 0.3) is 0 Å². The van der Waals surface area contributed by atoms with E-state index >= 15 is 0 Å². The zero-order valence-electron chi connectivity index (χ0n) is 26.2. The van der Waals surface area contributed by atoms with Gasteiger partial charge in [-0.25, -0.2) is 4.79 Å². The largest absolute Gasteiger partial charge is 0.463 e. The zero-order chi connectivity index (χ0) is 30.7. The molecule has 0 aliphatic carbocycles. The summed E-state index contributed by atoms with van der Waals surface area (Å²) in [5, 5.41) is 10.9. The first-order chi connectivity index (χ1) is 20.0. The van der Waals surface area contributed by atoms with E-state index < -0.39 is 5.97 Å². The number of esters is 2. The van der Waals surface area contributed by atoms with E-state index in [1.54, 1.807) is 6.92 Å². The molecular formula is C30H60N2O9. The van der Waals surface area contributed by atoms with Gasteiger partial charge >= 0.3 is 11.9 Å². The number of likely N-dealkylation sites (tertiary alicyclic amines) is 1. The molecule has 0 amide bonds. The number of aliphatic hydroxyl groups is 1. The number of hydrogen-bond donors (Lipinski definition) is 2. The van der Waals surface area contributed by atoms with E-state index in [2.05, 4.69) is 21.5 Å². The second kappa shape index (κ2) is 36.4. The first kappa shape index (κ1) is 41.5. The van der Waals surface area contributed by atoms with Gasteiger partial charge in [-0.1, -0.05) is 19.4 Å². The lowest BCUT2D eigenvalue weighted by Gasteiger charge is -2.25. The second-order valence-electron chi connectivity index (χ2n) is 8.99. The Morgan fingerprint density at radius 2 is 1.20 bits per heavy atom. The van der Waals surface area contributed by atoms with Crippen molar-refractivity contribution in [2.24, 2.45) is 0 Å². The van der Waals surface area contributed by atoms with Crippen LogP contribution in [0, 0.1) is 0 Å². The Balaban J connectivity index is 0. The number of rotatable bonds is 18. The lowest BCUT2D eigenvalue weighted by Crippen LogP contribution is -2.32. The molecule has 0 radical (unpaired) electrons.